The molecule has 0 aliphatic carbocycles. The number of hydrogen-bond donors (Lipinski definition) is 0. The van der Waals surface area contributed by atoms with Gasteiger partial charge in [-0.25, -0.2) is 22.0 Å². The third-order valence-electron chi connectivity index (χ3n) is 5.67. The first-order valence-electron chi connectivity index (χ1n) is 11.9. The second-order valence-electron chi connectivity index (χ2n) is 8.17. The van der Waals surface area contributed by atoms with E-state index in [4.69, 9.17) is 9.47 Å². The molecule has 0 fully saturated rings. The van der Waals surface area contributed by atoms with Gasteiger partial charge in [-0.1, -0.05) is 36.4 Å². The summed E-state index contributed by atoms with van der Waals surface area (Å²) >= 11 is 0. The zero-order valence-electron chi connectivity index (χ0n) is 21.0. The number of halogens is 5. The highest BCUT2D eigenvalue weighted by molar-refractivity contribution is 8.32. The monoisotopic (exact) mass is 599 g/mol. The summed E-state index contributed by atoms with van der Waals surface area (Å²) in [5, 5.41) is 0. The average molecular weight is 600 g/mol. The predicted molar refractivity (Wildman–Crippen MR) is 140 cm³/mol. The Labute approximate surface area is 229 Å². The smallest absolute Gasteiger partial charge is 0.428 e. The summed E-state index contributed by atoms with van der Waals surface area (Å²) in [5.74, 6) is -11.8. The summed E-state index contributed by atoms with van der Waals surface area (Å²) in [6, 6.07) is 22.3. The van der Waals surface area contributed by atoms with Crippen LogP contribution in [0.4, 0.5) is 22.0 Å². The molecule has 0 heterocycles. The number of benzene rings is 4. The van der Waals surface area contributed by atoms with Crippen LogP contribution in [0.5, 0.6) is 5.75 Å². The van der Waals surface area contributed by atoms with Crippen LogP contribution in [-0.4, -0.2) is 31.9 Å². The molecule has 0 saturated carbocycles. The number of ether oxygens (including phenoxy) is 2. The van der Waals surface area contributed by atoms with Gasteiger partial charge in [0, 0.05) is 6.61 Å². The molecule has 0 amide bonds. The molecule has 5 nitrogen and oxygen atoms in total. The van der Waals surface area contributed by atoms with E-state index in [1.54, 1.807) is 84.9 Å². The molecule has 4 aromatic carbocycles. The fraction of sp³-hybridized carbons (Fsp3) is 0.143. The molecule has 212 valence electrons. The molecule has 12 heteroatoms. The highest BCUT2D eigenvalue weighted by Gasteiger charge is 2.47. The number of rotatable bonds is 11. The summed E-state index contributed by atoms with van der Waals surface area (Å²) in [4.78, 5) is -1.06. The topological polar surface area (TPSA) is 65.4 Å². The Hall–Kier alpha value is -3.45. The molecule has 0 unspecified atom stereocenters. The normalized spacial score (nSPS) is 12.3. The highest BCUT2D eigenvalue weighted by atomic mass is 32.3. The van der Waals surface area contributed by atoms with Gasteiger partial charge < -0.3 is 9.47 Å². The van der Waals surface area contributed by atoms with Crippen molar-refractivity contribution >= 4 is 20.4 Å². The molecule has 4 aromatic rings. The molecule has 0 spiro atoms. The van der Waals surface area contributed by atoms with Crippen LogP contribution in [0, 0.1) is 29.1 Å². The quantitative estimate of drug-likeness (QED) is 0.0448. The van der Waals surface area contributed by atoms with E-state index in [1.165, 1.54) is 0 Å². The fourth-order valence-electron chi connectivity index (χ4n) is 3.86. The van der Waals surface area contributed by atoms with Crippen molar-refractivity contribution in [3.8, 4) is 5.75 Å². The summed E-state index contributed by atoms with van der Waals surface area (Å²) in [5.41, 5.74) is 0. The van der Waals surface area contributed by atoms with E-state index in [2.05, 4.69) is 3.63 Å². The average Bonchev–Trinajstić information content (AvgIpc) is 2.97. The van der Waals surface area contributed by atoms with Crippen molar-refractivity contribution < 1.29 is 43.5 Å². The second-order valence-corrected chi connectivity index (χ2v) is 12.7. The lowest BCUT2D eigenvalue weighted by Crippen LogP contribution is -2.22. The van der Waals surface area contributed by atoms with E-state index in [9.17, 15) is 30.4 Å². The second kappa shape index (κ2) is 12.4. The maximum absolute atomic E-state index is 14.7. The van der Waals surface area contributed by atoms with E-state index >= 15 is 0 Å². The van der Waals surface area contributed by atoms with Crippen molar-refractivity contribution in [2.75, 3.05) is 19.8 Å². The molecule has 0 bridgehead atoms. The van der Waals surface area contributed by atoms with Crippen LogP contribution in [0.1, 0.15) is 6.92 Å². The van der Waals surface area contributed by atoms with E-state index in [0.29, 0.717) is 33.6 Å². The van der Waals surface area contributed by atoms with Crippen LogP contribution in [0.25, 0.3) is 0 Å². The van der Waals surface area contributed by atoms with Gasteiger partial charge >= 0.3 is 10.1 Å². The molecule has 0 aliphatic rings. The molecule has 0 aromatic heterocycles. The van der Waals surface area contributed by atoms with Crippen molar-refractivity contribution in [3.63, 3.8) is 0 Å². The maximum Gasteiger partial charge on any atom is 0.428 e. The Morgan fingerprint density at radius 3 is 1.55 bits per heavy atom. The Morgan fingerprint density at radius 2 is 1.07 bits per heavy atom. The molecule has 0 aliphatic heterocycles. The van der Waals surface area contributed by atoms with Crippen LogP contribution in [0.2, 0.25) is 0 Å². The van der Waals surface area contributed by atoms with Gasteiger partial charge in [0.2, 0.25) is 10.7 Å². The lowest BCUT2D eigenvalue weighted by Gasteiger charge is -2.34. The summed E-state index contributed by atoms with van der Waals surface area (Å²) in [6.07, 6.45) is 0. The molecule has 4 rings (SSSR count). The highest BCUT2D eigenvalue weighted by Crippen LogP contribution is 2.68. The van der Waals surface area contributed by atoms with E-state index < -0.39 is 54.4 Å². The fourth-order valence-corrected chi connectivity index (χ4v) is 9.45. The van der Waals surface area contributed by atoms with Gasteiger partial charge in [0.15, 0.2) is 23.3 Å². The van der Waals surface area contributed by atoms with Crippen molar-refractivity contribution in [2.24, 2.45) is 0 Å². The van der Waals surface area contributed by atoms with Crippen molar-refractivity contribution in [3.05, 3.63) is 114 Å². The Kier molecular flexibility index (Phi) is 9.14. The van der Waals surface area contributed by atoms with E-state index in [-0.39, 0.29) is 6.61 Å². The molecule has 40 heavy (non-hydrogen) atoms. The molecular weight excluding hydrogens is 575 g/mol. The molecule has 0 atom stereocenters. The van der Waals surface area contributed by atoms with Crippen molar-refractivity contribution in [1.29, 1.82) is 0 Å². The third kappa shape index (κ3) is 5.71. The van der Waals surface area contributed by atoms with Gasteiger partial charge in [-0.3, -0.25) is 3.63 Å². The predicted octanol–water partition coefficient (Wildman–Crippen LogP) is 7.48. The zero-order valence-corrected chi connectivity index (χ0v) is 22.6. The third-order valence-corrected chi connectivity index (χ3v) is 11.1. The first kappa shape index (κ1) is 29.5. The van der Waals surface area contributed by atoms with E-state index in [1.807, 2.05) is 6.92 Å². The number of hydrogen-bond acceptors (Lipinski definition) is 4. The first-order valence-corrected chi connectivity index (χ1v) is 14.9. The molecule has 0 radical (unpaired) electrons. The SMILES string of the molecule is CCOCCOc1ccc(S([OH+]S(=O)(=O)c2c(F)c(F)c(F)c(F)c2F)(c2ccccc2)c2ccccc2)cc1. The van der Waals surface area contributed by atoms with Crippen molar-refractivity contribution in [2.45, 2.75) is 26.5 Å². The van der Waals surface area contributed by atoms with Gasteiger partial charge in [-0.2, -0.15) is 0 Å². The first-order chi connectivity index (χ1) is 19.1. The lowest BCUT2D eigenvalue weighted by atomic mass is 10.3. The molecule has 1 N–H and O–H groups in total. The Morgan fingerprint density at radius 1 is 0.625 bits per heavy atom. The Bertz CT molecular complexity index is 1500. The molecular formula is C28H24F5O5S2+. The minimum atomic E-state index is -5.50. The summed E-state index contributed by atoms with van der Waals surface area (Å²) in [7, 11) is -8.77. The molecule has 0 saturated heterocycles. The Balaban J connectivity index is 1.93. The summed E-state index contributed by atoms with van der Waals surface area (Å²) in [6.45, 7) is 2.95. The standard InChI is InChI=1S/C28H23F5O5S2/c1-2-36-17-18-37-19-13-15-22(16-14-19)39(20-9-5-3-6-10-20,21-11-7-4-8-12-21)38-40(34,35)28-26(32)24(30)23(29)25(31)27(28)33/h3-16H,2,17-18H2,1H3/p+1. The van der Waals surface area contributed by atoms with Gasteiger partial charge in [0.1, 0.15) is 12.4 Å². The summed E-state index contributed by atoms with van der Waals surface area (Å²) < 4.78 is 113. The van der Waals surface area contributed by atoms with Gasteiger partial charge in [-0.15, -0.1) is 8.42 Å². The van der Waals surface area contributed by atoms with Crippen LogP contribution in [-0.2, 0) is 14.9 Å². The minimum absolute atomic E-state index is 0.252. The minimum Gasteiger partial charge on any atom is -0.491 e. The van der Waals surface area contributed by atoms with Crippen LogP contribution in [0.3, 0.4) is 0 Å². The van der Waals surface area contributed by atoms with Crippen LogP contribution in [0.15, 0.2) is 105 Å². The van der Waals surface area contributed by atoms with Gasteiger partial charge in [0.05, 0.1) is 31.6 Å². The largest absolute Gasteiger partial charge is 0.491 e. The lowest BCUT2D eigenvalue weighted by molar-refractivity contribution is 0.110. The van der Waals surface area contributed by atoms with Gasteiger partial charge in [-0.05, 0) is 55.5 Å². The van der Waals surface area contributed by atoms with Crippen molar-refractivity contribution in [1.82, 2.24) is 0 Å². The zero-order chi connectivity index (χ0) is 28.9. The maximum atomic E-state index is 14.7. The van der Waals surface area contributed by atoms with Crippen LogP contribution >= 0.6 is 10.3 Å². The van der Waals surface area contributed by atoms with E-state index in [0.717, 1.165) is 0 Å². The van der Waals surface area contributed by atoms with Crippen LogP contribution < -0.4 is 4.74 Å². The van der Waals surface area contributed by atoms with Gasteiger partial charge in [0.25, 0.3) is 0 Å².